The van der Waals surface area contributed by atoms with Crippen LogP contribution in [0.1, 0.15) is 60.9 Å². The van der Waals surface area contributed by atoms with Gasteiger partial charge in [0.2, 0.25) is 0 Å². The molecule has 2 bridgehead atoms. The zero-order chi connectivity index (χ0) is 20.8. The number of nitrogens with zero attached hydrogens (tertiary/aromatic N) is 1. The van der Waals surface area contributed by atoms with E-state index in [9.17, 15) is 4.79 Å². The van der Waals surface area contributed by atoms with Crippen LogP contribution in [0.4, 0.5) is 4.39 Å². The van der Waals surface area contributed by atoms with Crippen LogP contribution in [0.3, 0.4) is 0 Å². The summed E-state index contributed by atoms with van der Waals surface area (Å²) in [6, 6.07) is 3.17. The van der Waals surface area contributed by atoms with Crippen molar-refractivity contribution < 1.29 is 24.0 Å². The first-order valence-electron chi connectivity index (χ1n) is 11.1. The quantitative estimate of drug-likeness (QED) is 0.475. The van der Waals surface area contributed by atoms with Gasteiger partial charge in [0, 0.05) is 18.0 Å². The van der Waals surface area contributed by atoms with Crippen molar-refractivity contribution in [1.82, 2.24) is 10.5 Å². The fraction of sp³-hybridized carbons (Fsp3) is 0.682. The summed E-state index contributed by atoms with van der Waals surface area (Å²) in [5.41, 5.74) is 2.75. The van der Waals surface area contributed by atoms with Crippen molar-refractivity contribution in [2.45, 2.75) is 57.2 Å². The molecule has 5 aliphatic rings. The minimum absolute atomic E-state index is 0.0522. The van der Waals surface area contributed by atoms with E-state index in [2.05, 4.69) is 6.92 Å². The van der Waals surface area contributed by atoms with Gasteiger partial charge in [0.25, 0.3) is 5.91 Å². The Bertz CT molecular complexity index is 815. The molecule has 0 aromatic heterocycles. The number of nitrogens with one attached hydrogen (secondary N) is 1. The predicted molar refractivity (Wildman–Crippen MR) is 112 cm³/mol. The third-order valence-electron chi connectivity index (χ3n) is 7.27. The third kappa shape index (κ3) is 3.75. The lowest BCUT2D eigenvalue weighted by Crippen LogP contribution is -2.41. The van der Waals surface area contributed by atoms with Crippen molar-refractivity contribution in [3.63, 3.8) is 0 Å². The third-order valence-corrected chi connectivity index (χ3v) is 10.1. The lowest BCUT2D eigenvalue weighted by atomic mass is 9.85. The molecule has 6 rings (SSSR count). The summed E-state index contributed by atoms with van der Waals surface area (Å²) >= 11 is 0. The summed E-state index contributed by atoms with van der Waals surface area (Å²) in [7, 11) is 0.157. The normalized spacial score (nSPS) is 32.4. The summed E-state index contributed by atoms with van der Waals surface area (Å²) in [5, 5.41) is 8.93. The number of ether oxygens (including phenoxy) is 1. The summed E-state index contributed by atoms with van der Waals surface area (Å²) in [6.45, 7) is 2.90. The van der Waals surface area contributed by atoms with Crippen LogP contribution in [0.5, 0.6) is 5.75 Å². The fourth-order valence-corrected chi connectivity index (χ4v) is 7.78. The van der Waals surface area contributed by atoms with E-state index in [1.54, 1.807) is 16.6 Å². The molecule has 5 fully saturated rings. The Morgan fingerprint density at radius 2 is 2.13 bits per heavy atom. The van der Waals surface area contributed by atoms with E-state index in [-0.39, 0.29) is 31.4 Å². The van der Waals surface area contributed by atoms with Gasteiger partial charge in [-0.1, -0.05) is 12.6 Å². The number of carbonyl (C=O) groups excluding carboxylic acids is 1. The molecule has 3 heterocycles. The fourth-order valence-electron chi connectivity index (χ4n) is 5.27. The average molecular weight is 436 g/mol. The largest absolute Gasteiger partial charge is 0.493 e. The van der Waals surface area contributed by atoms with E-state index in [1.165, 1.54) is 31.0 Å². The molecule has 2 aliphatic carbocycles. The van der Waals surface area contributed by atoms with Gasteiger partial charge in [0.1, 0.15) is 11.6 Å². The van der Waals surface area contributed by atoms with Crippen molar-refractivity contribution in [3.05, 3.63) is 29.1 Å². The van der Waals surface area contributed by atoms with Crippen LogP contribution in [0.2, 0.25) is 0 Å². The first kappa shape index (κ1) is 20.6. The van der Waals surface area contributed by atoms with Crippen molar-refractivity contribution in [1.29, 1.82) is 0 Å². The van der Waals surface area contributed by atoms with Gasteiger partial charge < -0.3 is 9.64 Å². The Balaban J connectivity index is 1.34. The van der Waals surface area contributed by atoms with E-state index >= 15 is 4.39 Å². The molecule has 30 heavy (non-hydrogen) atoms. The molecular weight excluding hydrogens is 406 g/mol. The van der Waals surface area contributed by atoms with Gasteiger partial charge in [-0.25, -0.2) is 4.39 Å². The number of benzene rings is 1. The zero-order valence-electron chi connectivity index (χ0n) is 17.3. The second-order valence-electron chi connectivity index (χ2n) is 9.20. The SMILES string of the molecule is CCP1CCC(COc2cc(F)c(C(=O)N3C4CC(C4)C3ONO)cc2C2CC2)C1. The standard InChI is InChI=1S/C22H30FN2O4P/c1-2-30-6-5-13(12-30)11-28-20-10-19(23)18(9-17(20)14-3-4-14)21(26)25-16-7-15(8-16)22(25)29-24-27/h9-10,13-16,22,24,27H,2-8,11-12H2,1H3. The van der Waals surface area contributed by atoms with Crippen LogP contribution in [-0.4, -0.2) is 53.4 Å². The lowest BCUT2D eigenvalue weighted by molar-refractivity contribution is -0.192. The molecule has 0 spiro atoms. The molecule has 164 valence electrons. The molecule has 3 saturated heterocycles. The number of rotatable bonds is 8. The highest BCUT2D eigenvalue weighted by Crippen LogP contribution is 2.49. The lowest BCUT2D eigenvalue weighted by Gasteiger charge is -2.26. The second-order valence-corrected chi connectivity index (χ2v) is 12.0. The van der Waals surface area contributed by atoms with Crippen LogP contribution in [0.15, 0.2) is 12.1 Å². The average Bonchev–Trinajstić information content (AvgIpc) is 3.20. The maximum atomic E-state index is 15.1. The van der Waals surface area contributed by atoms with Gasteiger partial charge in [-0.05, 0) is 74.1 Å². The van der Waals surface area contributed by atoms with Crippen LogP contribution in [-0.2, 0) is 4.84 Å². The Morgan fingerprint density at radius 1 is 1.33 bits per heavy atom. The maximum absolute atomic E-state index is 15.1. The summed E-state index contributed by atoms with van der Waals surface area (Å²) in [6.07, 6.45) is 8.26. The predicted octanol–water partition coefficient (Wildman–Crippen LogP) is 4.07. The number of amides is 1. The smallest absolute Gasteiger partial charge is 0.259 e. The molecule has 3 unspecified atom stereocenters. The highest BCUT2D eigenvalue weighted by atomic mass is 31.1. The van der Waals surface area contributed by atoms with E-state index in [0.29, 0.717) is 24.2 Å². The molecular formula is C22H30FN2O4P. The molecule has 1 aromatic carbocycles. The van der Waals surface area contributed by atoms with Gasteiger partial charge in [-0.3, -0.25) is 14.8 Å². The Hall–Kier alpha value is -1.27. The van der Waals surface area contributed by atoms with Gasteiger partial charge >= 0.3 is 0 Å². The van der Waals surface area contributed by atoms with Crippen LogP contribution < -0.4 is 10.4 Å². The van der Waals surface area contributed by atoms with E-state index in [4.69, 9.17) is 14.8 Å². The topological polar surface area (TPSA) is 71.0 Å². The van der Waals surface area contributed by atoms with Gasteiger partial charge in [-0.15, -0.1) is 7.92 Å². The van der Waals surface area contributed by atoms with E-state index in [0.717, 1.165) is 31.2 Å². The summed E-state index contributed by atoms with van der Waals surface area (Å²) in [4.78, 5) is 19.9. The number of hydrogen-bond acceptors (Lipinski definition) is 5. The molecule has 1 aromatic rings. The first-order valence-corrected chi connectivity index (χ1v) is 13.0. The van der Waals surface area contributed by atoms with Crippen LogP contribution in [0.25, 0.3) is 0 Å². The Morgan fingerprint density at radius 3 is 2.80 bits per heavy atom. The molecule has 3 aliphatic heterocycles. The van der Waals surface area contributed by atoms with Crippen molar-refractivity contribution in [3.8, 4) is 5.75 Å². The Kier molecular flexibility index (Phi) is 5.74. The van der Waals surface area contributed by atoms with E-state index in [1.807, 2.05) is 0 Å². The molecule has 6 nitrogen and oxygen atoms in total. The minimum atomic E-state index is -0.553. The number of halogens is 1. The number of carbonyl (C=O) groups is 1. The Labute approximate surface area is 177 Å². The highest BCUT2D eigenvalue weighted by molar-refractivity contribution is 7.57. The molecule has 8 heteroatoms. The number of hydrogen-bond donors (Lipinski definition) is 2. The second kappa shape index (κ2) is 8.34. The van der Waals surface area contributed by atoms with Crippen molar-refractivity contribution in [2.24, 2.45) is 11.8 Å². The maximum Gasteiger partial charge on any atom is 0.259 e. The van der Waals surface area contributed by atoms with E-state index < -0.39 is 12.0 Å². The van der Waals surface area contributed by atoms with Crippen molar-refractivity contribution in [2.75, 3.05) is 25.1 Å². The van der Waals surface area contributed by atoms with Crippen LogP contribution in [0, 0.1) is 17.7 Å². The minimum Gasteiger partial charge on any atom is -0.493 e. The first-order chi connectivity index (χ1) is 14.6. The molecule has 0 radical (unpaired) electrons. The molecule has 2 N–H and O–H groups in total. The van der Waals surface area contributed by atoms with Crippen molar-refractivity contribution >= 4 is 13.8 Å². The van der Waals surface area contributed by atoms with Gasteiger partial charge in [0.05, 0.1) is 12.2 Å². The highest BCUT2D eigenvalue weighted by Gasteiger charge is 2.54. The summed E-state index contributed by atoms with van der Waals surface area (Å²) in [5.74, 6) is 0.800. The zero-order valence-corrected chi connectivity index (χ0v) is 18.2. The molecule has 2 saturated carbocycles. The number of fused-ring (bicyclic) bond motifs is 1. The molecule has 1 amide bonds. The van der Waals surface area contributed by atoms with Gasteiger partial charge in [0.15, 0.2) is 6.23 Å². The van der Waals surface area contributed by atoms with Gasteiger partial charge in [-0.2, -0.15) is 0 Å². The molecule has 3 atom stereocenters. The monoisotopic (exact) mass is 436 g/mol. The summed E-state index contributed by atoms with van der Waals surface area (Å²) < 4.78 is 21.2. The van der Waals surface area contributed by atoms with Crippen LogP contribution >= 0.6 is 7.92 Å².